The maximum absolute atomic E-state index is 2.51. The minimum atomic E-state index is -0.507. The minimum Gasteiger partial charge on any atom is -0.310 e. The van der Waals surface area contributed by atoms with Gasteiger partial charge in [0.2, 0.25) is 0 Å². The molecule has 10 aromatic carbocycles. The average molecular weight is 775 g/mol. The van der Waals surface area contributed by atoms with Crippen molar-refractivity contribution < 1.29 is 0 Å². The summed E-state index contributed by atoms with van der Waals surface area (Å²) >= 11 is 0. The van der Waals surface area contributed by atoms with Gasteiger partial charge >= 0.3 is 0 Å². The van der Waals surface area contributed by atoms with Gasteiger partial charge in [-0.2, -0.15) is 0 Å². The second kappa shape index (κ2) is 13.0. The van der Waals surface area contributed by atoms with E-state index in [1.165, 1.54) is 88.2 Å². The average Bonchev–Trinajstić information content (AvgIpc) is 3.83. The summed E-state index contributed by atoms with van der Waals surface area (Å²) < 4.78 is 2.51. The molecule has 0 atom stereocenters. The molecule has 2 aliphatic rings. The summed E-state index contributed by atoms with van der Waals surface area (Å²) in [7, 11) is 0. The molecule has 0 bridgehead atoms. The molecule has 61 heavy (non-hydrogen) atoms. The van der Waals surface area contributed by atoms with Gasteiger partial charge < -0.3 is 9.47 Å². The lowest BCUT2D eigenvalue weighted by atomic mass is 9.63. The van der Waals surface area contributed by atoms with Crippen LogP contribution < -0.4 is 4.90 Å². The number of rotatable bonds is 6. The Kier molecular flexibility index (Phi) is 7.26. The molecule has 1 spiro atoms. The van der Waals surface area contributed by atoms with Crippen molar-refractivity contribution in [3.05, 3.63) is 253 Å². The highest BCUT2D eigenvalue weighted by molar-refractivity contribution is 6.29. The highest BCUT2D eigenvalue weighted by atomic mass is 15.1. The van der Waals surface area contributed by atoms with E-state index in [0.717, 1.165) is 22.7 Å². The third-order valence-corrected chi connectivity index (χ3v) is 13.4. The first kappa shape index (κ1) is 34.0. The number of aromatic nitrogens is 1. The van der Waals surface area contributed by atoms with Gasteiger partial charge in [0.15, 0.2) is 0 Å². The normalized spacial score (nSPS) is 13.0. The molecule has 0 amide bonds. The maximum Gasteiger partial charge on any atom is 0.0726 e. The van der Waals surface area contributed by atoms with E-state index in [2.05, 4.69) is 240 Å². The van der Waals surface area contributed by atoms with Crippen LogP contribution in [0.2, 0.25) is 0 Å². The van der Waals surface area contributed by atoms with Crippen LogP contribution in [-0.4, -0.2) is 4.57 Å². The van der Waals surface area contributed by atoms with Crippen LogP contribution >= 0.6 is 0 Å². The first-order chi connectivity index (χ1) is 30.3. The predicted octanol–water partition coefficient (Wildman–Crippen LogP) is 15.4. The smallest absolute Gasteiger partial charge is 0.0726 e. The van der Waals surface area contributed by atoms with E-state index in [-0.39, 0.29) is 0 Å². The minimum absolute atomic E-state index is 0.507. The van der Waals surface area contributed by atoms with Gasteiger partial charge in [0, 0.05) is 33.2 Å². The zero-order valence-corrected chi connectivity index (χ0v) is 33.3. The summed E-state index contributed by atoms with van der Waals surface area (Å²) in [6.07, 6.45) is 0. The molecule has 0 fully saturated rings. The Hall–Kier alpha value is -7.94. The molecule has 0 unspecified atom stereocenters. The van der Waals surface area contributed by atoms with Gasteiger partial charge in [0.05, 0.1) is 22.1 Å². The maximum atomic E-state index is 2.51. The fourth-order valence-corrected chi connectivity index (χ4v) is 10.9. The van der Waals surface area contributed by atoms with Gasteiger partial charge in [-0.3, -0.25) is 0 Å². The van der Waals surface area contributed by atoms with Crippen molar-refractivity contribution >= 4 is 49.6 Å². The van der Waals surface area contributed by atoms with Crippen molar-refractivity contribution in [3.63, 3.8) is 0 Å². The molecular weight excluding hydrogens is 737 g/mol. The first-order valence-corrected chi connectivity index (χ1v) is 21.2. The molecular formula is C59H38N2. The largest absolute Gasteiger partial charge is 0.310 e. The first-order valence-electron chi connectivity index (χ1n) is 21.2. The fraction of sp³-hybridized carbons (Fsp3) is 0.0169. The molecule has 284 valence electrons. The van der Waals surface area contributed by atoms with E-state index in [9.17, 15) is 0 Å². The second-order valence-corrected chi connectivity index (χ2v) is 16.4. The fourth-order valence-electron chi connectivity index (χ4n) is 10.9. The Morgan fingerprint density at radius 3 is 1.36 bits per heavy atom. The monoisotopic (exact) mass is 774 g/mol. The SMILES string of the molecule is c1ccc(-c2ccc(N(c3ccc(-c4ccccc4)cc3)c3cc4c5c6c(cccc36)C3(c6ccccc6-c6ccccc63)c3cccc(c35)n4-c3ccccc3)cc2)cc1. The van der Waals surface area contributed by atoms with Crippen LogP contribution in [0.3, 0.4) is 0 Å². The van der Waals surface area contributed by atoms with Gasteiger partial charge in [0.1, 0.15) is 0 Å². The molecule has 0 saturated heterocycles. The van der Waals surface area contributed by atoms with E-state index < -0.39 is 5.41 Å². The lowest BCUT2D eigenvalue weighted by Crippen LogP contribution is -2.30. The summed E-state index contributed by atoms with van der Waals surface area (Å²) in [5, 5.41) is 5.18. The number of hydrogen-bond donors (Lipinski definition) is 0. The molecule has 0 saturated carbocycles. The third-order valence-electron chi connectivity index (χ3n) is 13.4. The molecule has 2 aliphatic carbocycles. The molecule has 1 heterocycles. The van der Waals surface area contributed by atoms with Crippen LogP contribution in [-0.2, 0) is 5.41 Å². The summed E-state index contributed by atoms with van der Waals surface area (Å²) in [5.74, 6) is 0. The molecule has 0 aliphatic heterocycles. The van der Waals surface area contributed by atoms with Crippen molar-refractivity contribution in [2.24, 2.45) is 0 Å². The third kappa shape index (κ3) is 4.73. The standard InChI is InChI=1S/C59H38N2/c1-4-16-39(17-5-1)41-30-34-44(35-31-41)60(45-36-32-42(33-37-45)40-18-6-2-7-19-40)54-38-55-58-56-48(54)24-14-27-51(56)59(49-25-12-10-22-46(49)47-23-11-13-26-50(47)59)52-28-15-29-53(57(52)58)61(55)43-20-8-3-9-21-43/h1-38H. The Morgan fingerprint density at radius 1 is 0.328 bits per heavy atom. The molecule has 2 heteroatoms. The summed E-state index contributed by atoms with van der Waals surface area (Å²) in [6.45, 7) is 0. The van der Waals surface area contributed by atoms with E-state index in [1.54, 1.807) is 0 Å². The molecule has 13 rings (SSSR count). The van der Waals surface area contributed by atoms with Crippen molar-refractivity contribution in [2.75, 3.05) is 4.90 Å². The molecule has 2 nitrogen and oxygen atoms in total. The lowest BCUT2D eigenvalue weighted by molar-refractivity contribution is 0.783. The van der Waals surface area contributed by atoms with Crippen LogP contribution in [0.15, 0.2) is 231 Å². The number of anilines is 3. The van der Waals surface area contributed by atoms with Crippen LogP contribution in [0.4, 0.5) is 17.1 Å². The Bertz CT molecular complexity index is 3360. The van der Waals surface area contributed by atoms with Gasteiger partial charge in [-0.1, -0.05) is 182 Å². The highest BCUT2D eigenvalue weighted by Crippen LogP contribution is 2.63. The van der Waals surface area contributed by atoms with Crippen LogP contribution in [0, 0.1) is 0 Å². The van der Waals surface area contributed by atoms with E-state index >= 15 is 0 Å². The van der Waals surface area contributed by atoms with Gasteiger partial charge in [-0.25, -0.2) is 0 Å². The van der Waals surface area contributed by atoms with Gasteiger partial charge in [-0.05, 0) is 110 Å². The van der Waals surface area contributed by atoms with Crippen LogP contribution in [0.1, 0.15) is 22.3 Å². The number of benzene rings is 10. The predicted molar refractivity (Wildman–Crippen MR) is 255 cm³/mol. The summed E-state index contributed by atoms with van der Waals surface area (Å²) in [6, 6.07) is 85.2. The zero-order chi connectivity index (χ0) is 40.1. The Balaban J connectivity index is 1.16. The summed E-state index contributed by atoms with van der Waals surface area (Å²) in [5.41, 5.74) is 19.2. The van der Waals surface area contributed by atoms with E-state index in [0.29, 0.717) is 0 Å². The Labute approximate surface area is 354 Å². The highest BCUT2D eigenvalue weighted by Gasteiger charge is 2.50. The summed E-state index contributed by atoms with van der Waals surface area (Å²) in [4.78, 5) is 2.48. The van der Waals surface area contributed by atoms with E-state index in [4.69, 9.17) is 0 Å². The number of hydrogen-bond acceptors (Lipinski definition) is 1. The second-order valence-electron chi connectivity index (χ2n) is 16.4. The number of nitrogens with zero attached hydrogens (tertiary/aromatic N) is 2. The van der Waals surface area contributed by atoms with Crippen LogP contribution in [0.5, 0.6) is 0 Å². The molecule has 1 aromatic heterocycles. The van der Waals surface area contributed by atoms with Crippen molar-refractivity contribution in [3.8, 4) is 39.1 Å². The number of fused-ring (bicyclic) bond motifs is 7. The lowest BCUT2D eigenvalue weighted by Gasteiger charge is -2.38. The van der Waals surface area contributed by atoms with Gasteiger partial charge in [-0.15, -0.1) is 0 Å². The van der Waals surface area contributed by atoms with Crippen molar-refractivity contribution in [2.45, 2.75) is 5.41 Å². The quantitative estimate of drug-likeness (QED) is 0.163. The van der Waals surface area contributed by atoms with Gasteiger partial charge in [0.25, 0.3) is 0 Å². The number of para-hydroxylation sites is 1. The van der Waals surface area contributed by atoms with Crippen molar-refractivity contribution in [1.82, 2.24) is 4.57 Å². The Morgan fingerprint density at radius 2 is 0.787 bits per heavy atom. The van der Waals surface area contributed by atoms with Crippen molar-refractivity contribution in [1.29, 1.82) is 0 Å². The molecule has 0 radical (unpaired) electrons. The molecule has 11 aromatic rings. The van der Waals surface area contributed by atoms with Crippen LogP contribution in [0.25, 0.3) is 71.6 Å². The topological polar surface area (TPSA) is 8.17 Å². The zero-order valence-electron chi connectivity index (χ0n) is 33.3. The van der Waals surface area contributed by atoms with E-state index in [1.807, 2.05) is 0 Å². The molecule has 0 N–H and O–H groups in total.